The molecule has 1 unspecified atom stereocenters. The topological polar surface area (TPSA) is 77.5 Å². The first kappa shape index (κ1) is 33.1. The second kappa shape index (κ2) is 15.1. The number of aliphatic hydroxyl groups is 1. The molecule has 0 radical (unpaired) electrons. The van der Waals surface area contributed by atoms with Crippen molar-refractivity contribution in [1.82, 2.24) is 4.90 Å². The van der Waals surface area contributed by atoms with Gasteiger partial charge in [-0.3, -0.25) is 0 Å². The summed E-state index contributed by atoms with van der Waals surface area (Å²) < 4.78 is 25.2. The number of unbranched alkanes of at least 4 members (excludes halogenated alkanes) is 1. The van der Waals surface area contributed by atoms with Crippen LogP contribution in [-0.4, -0.2) is 65.8 Å². The minimum atomic E-state index is -0.666. The summed E-state index contributed by atoms with van der Waals surface area (Å²) in [5, 5.41) is 11.2. The van der Waals surface area contributed by atoms with Crippen LogP contribution in [0, 0.1) is 5.41 Å². The second-order valence-electron chi connectivity index (χ2n) is 12.9. The molecular formula is C34H51NO6. The normalized spacial score (nSPS) is 22.0. The number of rotatable bonds is 14. The molecule has 1 N–H and O–H groups in total. The summed E-state index contributed by atoms with van der Waals surface area (Å²) in [6.45, 7) is 12.8. The van der Waals surface area contributed by atoms with Crippen molar-refractivity contribution in [3.63, 3.8) is 0 Å². The summed E-state index contributed by atoms with van der Waals surface area (Å²) in [4.78, 5) is 14.9. The standard InChI is InChI=1S/C34H51NO6/c1-8-9-20-34(5,6)29(36)24-40-31-28(39-23-26-18-14-11-15-19-26)21-27(38-22-25-16-12-10-13-17-25)30(31)35(7)32(37)41-33(2,3)4/h10-19,27-31,36H,8-9,20-24H2,1-7H3/t27-,28+,29?,30+,31+/m0/s1. The third kappa shape index (κ3) is 10.1. The van der Waals surface area contributed by atoms with E-state index in [0.29, 0.717) is 19.6 Å². The van der Waals surface area contributed by atoms with Gasteiger partial charge in [0.05, 0.1) is 44.2 Å². The van der Waals surface area contributed by atoms with Crippen LogP contribution in [0.1, 0.15) is 78.4 Å². The Kier molecular flexibility index (Phi) is 12.2. The van der Waals surface area contributed by atoms with Gasteiger partial charge in [-0.2, -0.15) is 0 Å². The first-order valence-corrected chi connectivity index (χ1v) is 15.0. The number of nitrogens with zero attached hydrogens (tertiary/aromatic N) is 1. The Morgan fingerprint density at radius 3 is 1.95 bits per heavy atom. The number of hydrogen-bond acceptors (Lipinski definition) is 6. The highest BCUT2D eigenvalue weighted by atomic mass is 16.6. The Labute approximate surface area is 247 Å². The highest BCUT2D eigenvalue weighted by Gasteiger charge is 2.50. The smallest absolute Gasteiger partial charge is 0.410 e. The van der Waals surface area contributed by atoms with Crippen molar-refractivity contribution in [3.8, 4) is 0 Å². The summed E-state index contributed by atoms with van der Waals surface area (Å²) in [6.07, 6.45) is 1.20. The van der Waals surface area contributed by atoms with Gasteiger partial charge in [0, 0.05) is 13.5 Å². The van der Waals surface area contributed by atoms with Crippen LogP contribution in [0.3, 0.4) is 0 Å². The van der Waals surface area contributed by atoms with Crippen molar-refractivity contribution < 1.29 is 28.8 Å². The molecule has 0 heterocycles. The molecule has 1 saturated carbocycles. The highest BCUT2D eigenvalue weighted by molar-refractivity contribution is 5.68. The molecule has 41 heavy (non-hydrogen) atoms. The van der Waals surface area contributed by atoms with Gasteiger partial charge < -0.3 is 29.0 Å². The van der Waals surface area contributed by atoms with Crippen molar-refractivity contribution in [2.45, 2.75) is 116 Å². The predicted molar refractivity (Wildman–Crippen MR) is 161 cm³/mol. The van der Waals surface area contributed by atoms with Gasteiger partial charge in [0.2, 0.25) is 0 Å². The van der Waals surface area contributed by atoms with Gasteiger partial charge in [-0.1, -0.05) is 94.3 Å². The lowest BCUT2D eigenvalue weighted by Crippen LogP contribution is -2.52. The summed E-state index contributed by atoms with van der Waals surface area (Å²) >= 11 is 0. The van der Waals surface area contributed by atoms with Gasteiger partial charge in [0.15, 0.2) is 0 Å². The summed E-state index contributed by atoms with van der Waals surface area (Å²) in [5.74, 6) is 0. The Morgan fingerprint density at radius 1 is 0.902 bits per heavy atom. The number of hydrogen-bond donors (Lipinski definition) is 1. The third-order valence-electron chi connectivity index (χ3n) is 7.81. The van der Waals surface area contributed by atoms with Crippen LogP contribution in [0.15, 0.2) is 60.7 Å². The quantitative estimate of drug-likeness (QED) is 0.271. The van der Waals surface area contributed by atoms with E-state index in [-0.39, 0.29) is 24.2 Å². The molecular weight excluding hydrogens is 518 g/mol. The van der Waals surface area contributed by atoms with Gasteiger partial charge in [-0.05, 0) is 43.7 Å². The molecule has 0 aliphatic heterocycles. The second-order valence-corrected chi connectivity index (χ2v) is 12.9. The highest BCUT2D eigenvalue weighted by Crippen LogP contribution is 2.35. The SMILES string of the molecule is CCCCC(C)(C)C(O)CO[C@H]1[C@H](N(C)C(=O)OC(C)(C)C)[C@@H](OCc2ccccc2)C[C@H]1OCc1ccccc1. The first-order chi connectivity index (χ1) is 19.4. The molecule has 1 fully saturated rings. The van der Waals surface area contributed by atoms with E-state index < -0.39 is 29.9 Å². The zero-order chi connectivity index (χ0) is 30.0. The van der Waals surface area contributed by atoms with Gasteiger partial charge in [0.25, 0.3) is 0 Å². The van der Waals surface area contributed by atoms with Gasteiger partial charge >= 0.3 is 6.09 Å². The number of carbonyl (C=O) groups excluding carboxylic acids is 1. The molecule has 0 aromatic heterocycles. The summed E-state index contributed by atoms with van der Waals surface area (Å²) in [6, 6.07) is 19.5. The number of benzene rings is 2. The van der Waals surface area contributed by atoms with E-state index in [1.807, 2.05) is 81.4 Å². The Morgan fingerprint density at radius 2 is 1.44 bits per heavy atom. The van der Waals surface area contributed by atoms with E-state index in [2.05, 4.69) is 20.8 Å². The summed E-state index contributed by atoms with van der Waals surface area (Å²) in [5.41, 5.74) is 1.15. The van der Waals surface area contributed by atoms with E-state index in [0.717, 1.165) is 30.4 Å². The Hall–Kier alpha value is -2.45. The number of likely N-dealkylation sites (N-methyl/N-ethyl adjacent to an activating group) is 1. The average molecular weight is 570 g/mol. The van der Waals surface area contributed by atoms with Crippen LogP contribution in [-0.2, 0) is 32.2 Å². The molecule has 1 aliphatic rings. The van der Waals surface area contributed by atoms with Crippen LogP contribution >= 0.6 is 0 Å². The fourth-order valence-corrected chi connectivity index (χ4v) is 5.18. The maximum atomic E-state index is 13.3. The maximum absolute atomic E-state index is 13.3. The van der Waals surface area contributed by atoms with E-state index >= 15 is 0 Å². The van der Waals surface area contributed by atoms with E-state index in [9.17, 15) is 9.90 Å². The van der Waals surface area contributed by atoms with Crippen LogP contribution < -0.4 is 0 Å². The molecule has 3 rings (SSSR count). The largest absolute Gasteiger partial charge is 0.444 e. The van der Waals surface area contributed by atoms with Crippen molar-refractivity contribution >= 4 is 6.09 Å². The molecule has 0 saturated heterocycles. The van der Waals surface area contributed by atoms with Crippen molar-refractivity contribution in [1.29, 1.82) is 0 Å². The molecule has 7 nitrogen and oxygen atoms in total. The molecule has 228 valence electrons. The number of ether oxygens (including phenoxy) is 4. The zero-order valence-electron chi connectivity index (χ0n) is 26.0. The molecule has 0 spiro atoms. The average Bonchev–Trinajstić information content (AvgIpc) is 3.29. The fraction of sp³-hybridized carbons (Fsp3) is 0.618. The molecule has 1 amide bonds. The zero-order valence-corrected chi connectivity index (χ0v) is 26.0. The van der Waals surface area contributed by atoms with E-state index in [1.54, 1.807) is 11.9 Å². The molecule has 1 aliphatic carbocycles. The lowest BCUT2D eigenvalue weighted by Gasteiger charge is -2.37. The molecule has 7 heteroatoms. The molecule has 5 atom stereocenters. The lowest BCUT2D eigenvalue weighted by molar-refractivity contribution is -0.121. The van der Waals surface area contributed by atoms with Crippen molar-refractivity contribution in [2.24, 2.45) is 5.41 Å². The molecule has 2 aromatic rings. The minimum Gasteiger partial charge on any atom is -0.444 e. The van der Waals surface area contributed by atoms with Crippen LogP contribution in [0.4, 0.5) is 4.79 Å². The summed E-state index contributed by atoms with van der Waals surface area (Å²) in [7, 11) is 1.73. The van der Waals surface area contributed by atoms with Gasteiger partial charge in [-0.25, -0.2) is 4.79 Å². The monoisotopic (exact) mass is 569 g/mol. The van der Waals surface area contributed by atoms with E-state index in [1.165, 1.54) is 0 Å². The Balaban J connectivity index is 1.86. The molecule has 0 bridgehead atoms. The van der Waals surface area contributed by atoms with Gasteiger partial charge in [0.1, 0.15) is 11.7 Å². The van der Waals surface area contributed by atoms with Crippen LogP contribution in [0.5, 0.6) is 0 Å². The van der Waals surface area contributed by atoms with Crippen molar-refractivity contribution in [2.75, 3.05) is 13.7 Å². The van der Waals surface area contributed by atoms with E-state index in [4.69, 9.17) is 18.9 Å². The minimum absolute atomic E-state index is 0.136. The third-order valence-corrected chi connectivity index (χ3v) is 7.81. The van der Waals surface area contributed by atoms with Crippen LogP contribution in [0.25, 0.3) is 0 Å². The number of aliphatic hydroxyl groups excluding tert-OH is 1. The number of carbonyl (C=O) groups is 1. The fourth-order valence-electron chi connectivity index (χ4n) is 5.18. The Bertz CT molecular complexity index is 1040. The first-order valence-electron chi connectivity index (χ1n) is 15.0. The maximum Gasteiger partial charge on any atom is 0.410 e. The van der Waals surface area contributed by atoms with Crippen molar-refractivity contribution in [3.05, 3.63) is 71.8 Å². The van der Waals surface area contributed by atoms with Crippen LogP contribution in [0.2, 0.25) is 0 Å². The number of amides is 1. The van der Waals surface area contributed by atoms with Gasteiger partial charge in [-0.15, -0.1) is 0 Å². The lowest BCUT2D eigenvalue weighted by atomic mass is 9.82. The molecule has 2 aromatic carbocycles. The predicted octanol–water partition coefficient (Wildman–Crippen LogP) is 6.76.